The maximum atomic E-state index is 11.5. The molecule has 0 spiro atoms. The van der Waals surface area contributed by atoms with E-state index >= 15 is 0 Å². The van der Waals surface area contributed by atoms with E-state index < -0.39 is 0 Å². The summed E-state index contributed by atoms with van der Waals surface area (Å²) in [6.45, 7) is 3.87. The Hall–Kier alpha value is -0.800. The van der Waals surface area contributed by atoms with Crippen LogP contribution in [0.3, 0.4) is 0 Å². The number of halogens is 2. The number of amides is 1. The topological polar surface area (TPSA) is 42.0 Å². The molecule has 1 rings (SSSR count). The highest BCUT2D eigenvalue weighted by molar-refractivity contribution is 6.34. The zero-order valence-corrected chi connectivity index (χ0v) is 10.8. The first-order valence-electron chi connectivity index (χ1n) is 5.17. The van der Waals surface area contributed by atoms with Crippen molar-refractivity contribution in [3.63, 3.8) is 0 Å². The lowest BCUT2D eigenvalue weighted by molar-refractivity contribution is -0.116. The lowest BCUT2D eigenvalue weighted by Crippen LogP contribution is -2.12. The van der Waals surface area contributed by atoms with Gasteiger partial charge in [0.1, 0.15) is 5.15 Å². The second-order valence-corrected chi connectivity index (χ2v) is 4.32. The number of carbonyl (C=O) groups excluding carboxylic acids is 1. The summed E-state index contributed by atoms with van der Waals surface area (Å²) in [5.74, 6) is -0.0454. The van der Waals surface area contributed by atoms with E-state index in [0.29, 0.717) is 17.3 Å². The van der Waals surface area contributed by atoms with Crippen molar-refractivity contribution < 1.29 is 4.79 Å². The lowest BCUT2D eigenvalue weighted by Gasteiger charge is -2.09. The number of hydrogen-bond donors (Lipinski definition) is 1. The molecule has 0 aromatic carbocycles. The van der Waals surface area contributed by atoms with E-state index in [-0.39, 0.29) is 11.1 Å². The molecule has 0 aliphatic carbocycles. The molecule has 1 aromatic heterocycles. The molecule has 5 heteroatoms. The summed E-state index contributed by atoms with van der Waals surface area (Å²) >= 11 is 11.6. The van der Waals surface area contributed by atoms with E-state index in [1.807, 2.05) is 13.8 Å². The first kappa shape index (κ1) is 13.3. The number of unbranched alkanes of at least 4 members (excludes halogenated alkanes) is 1. The number of rotatable bonds is 4. The van der Waals surface area contributed by atoms with Gasteiger partial charge < -0.3 is 5.32 Å². The molecule has 1 amide bonds. The molecule has 88 valence electrons. The third kappa shape index (κ3) is 3.65. The Bertz CT molecular complexity index is 371. The van der Waals surface area contributed by atoms with Crippen molar-refractivity contribution in [2.24, 2.45) is 0 Å². The molecular weight excluding hydrogens is 247 g/mol. The Labute approximate surface area is 105 Å². The van der Waals surface area contributed by atoms with Gasteiger partial charge in [0.15, 0.2) is 5.15 Å². The van der Waals surface area contributed by atoms with Gasteiger partial charge in [0.25, 0.3) is 0 Å². The van der Waals surface area contributed by atoms with Gasteiger partial charge in [-0.3, -0.25) is 4.79 Å². The average molecular weight is 261 g/mol. The Kier molecular flexibility index (Phi) is 5.03. The Morgan fingerprint density at radius 2 is 2.19 bits per heavy atom. The third-order valence-electron chi connectivity index (χ3n) is 2.16. The van der Waals surface area contributed by atoms with Crippen molar-refractivity contribution in [3.8, 4) is 0 Å². The van der Waals surface area contributed by atoms with Crippen LogP contribution in [0.5, 0.6) is 0 Å². The van der Waals surface area contributed by atoms with E-state index in [4.69, 9.17) is 23.2 Å². The molecule has 16 heavy (non-hydrogen) atoms. The van der Waals surface area contributed by atoms with Crippen LogP contribution in [0.4, 0.5) is 5.69 Å². The van der Waals surface area contributed by atoms with Crippen LogP contribution < -0.4 is 5.32 Å². The maximum Gasteiger partial charge on any atom is 0.224 e. The number of aryl methyl sites for hydroxylation is 1. The van der Waals surface area contributed by atoms with Gasteiger partial charge in [-0.15, -0.1) is 0 Å². The molecule has 0 aliphatic heterocycles. The van der Waals surface area contributed by atoms with Crippen LogP contribution in [0.15, 0.2) is 6.07 Å². The number of carbonyl (C=O) groups is 1. The van der Waals surface area contributed by atoms with E-state index in [1.54, 1.807) is 6.07 Å². The summed E-state index contributed by atoms with van der Waals surface area (Å²) in [6.07, 6.45) is 2.34. The number of anilines is 1. The molecular formula is C11H14Cl2N2O. The van der Waals surface area contributed by atoms with Crippen LogP contribution in [-0.2, 0) is 4.79 Å². The molecule has 1 N–H and O–H groups in total. The molecule has 0 radical (unpaired) electrons. The lowest BCUT2D eigenvalue weighted by atomic mass is 10.2. The van der Waals surface area contributed by atoms with Crippen LogP contribution in [0.25, 0.3) is 0 Å². The van der Waals surface area contributed by atoms with E-state index in [0.717, 1.165) is 18.4 Å². The molecule has 1 heterocycles. The van der Waals surface area contributed by atoms with Gasteiger partial charge in [0, 0.05) is 6.42 Å². The van der Waals surface area contributed by atoms with Crippen LogP contribution in [0.2, 0.25) is 10.3 Å². The second-order valence-electron chi connectivity index (χ2n) is 3.58. The minimum absolute atomic E-state index is 0.0454. The monoisotopic (exact) mass is 260 g/mol. The minimum atomic E-state index is -0.0454. The number of hydrogen-bond acceptors (Lipinski definition) is 2. The molecule has 0 saturated heterocycles. The van der Waals surface area contributed by atoms with Crippen molar-refractivity contribution in [2.45, 2.75) is 33.1 Å². The van der Waals surface area contributed by atoms with Crippen molar-refractivity contribution in [1.82, 2.24) is 4.98 Å². The predicted octanol–water partition coefficient (Wildman–Crippen LogP) is 3.83. The fraction of sp³-hybridized carbons (Fsp3) is 0.455. The van der Waals surface area contributed by atoms with Crippen molar-refractivity contribution >= 4 is 34.8 Å². The maximum absolute atomic E-state index is 11.5. The van der Waals surface area contributed by atoms with E-state index in [9.17, 15) is 4.79 Å². The Morgan fingerprint density at radius 1 is 1.50 bits per heavy atom. The molecule has 0 saturated carbocycles. The predicted molar refractivity (Wildman–Crippen MR) is 67.1 cm³/mol. The molecule has 0 aliphatic rings. The average Bonchev–Trinajstić information content (AvgIpc) is 2.20. The van der Waals surface area contributed by atoms with Gasteiger partial charge >= 0.3 is 0 Å². The Morgan fingerprint density at radius 3 is 2.75 bits per heavy atom. The highest BCUT2D eigenvalue weighted by atomic mass is 35.5. The van der Waals surface area contributed by atoms with Crippen molar-refractivity contribution in [1.29, 1.82) is 0 Å². The number of nitrogens with zero attached hydrogens (tertiary/aromatic N) is 1. The summed E-state index contributed by atoms with van der Waals surface area (Å²) in [6, 6.07) is 1.67. The van der Waals surface area contributed by atoms with Gasteiger partial charge in [0.2, 0.25) is 5.91 Å². The minimum Gasteiger partial charge on any atom is -0.323 e. The highest BCUT2D eigenvalue weighted by Crippen LogP contribution is 2.26. The fourth-order valence-corrected chi connectivity index (χ4v) is 1.86. The number of aromatic nitrogens is 1. The fourth-order valence-electron chi connectivity index (χ4n) is 1.28. The molecule has 0 unspecified atom stereocenters. The summed E-state index contributed by atoms with van der Waals surface area (Å²) in [5.41, 5.74) is 1.36. The van der Waals surface area contributed by atoms with E-state index in [2.05, 4.69) is 10.3 Å². The summed E-state index contributed by atoms with van der Waals surface area (Å²) in [5, 5.41) is 3.31. The summed E-state index contributed by atoms with van der Waals surface area (Å²) in [7, 11) is 0. The standard InChI is InChI=1S/C11H14Cl2N2O/c1-3-4-5-9(16)15-10-7(2)6-8(12)14-11(10)13/h6H,3-5H2,1-2H3,(H,15,16). The summed E-state index contributed by atoms with van der Waals surface area (Å²) < 4.78 is 0. The molecule has 3 nitrogen and oxygen atoms in total. The van der Waals surface area contributed by atoms with Crippen LogP contribution in [0.1, 0.15) is 31.7 Å². The zero-order chi connectivity index (χ0) is 12.1. The van der Waals surface area contributed by atoms with Gasteiger partial charge in [-0.05, 0) is 25.0 Å². The summed E-state index contributed by atoms with van der Waals surface area (Å²) in [4.78, 5) is 15.4. The molecule has 0 fully saturated rings. The van der Waals surface area contributed by atoms with Crippen molar-refractivity contribution in [3.05, 3.63) is 21.9 Å². The molecule has 1 aromatic rings. The SMILES string of the molecule is CCCCC(=O)Nc1c(C)cc(Cl)nc1Cl. The first-order chi connectivity index (χ1) is 7.54. The highest BCUT2D eigenvalue weighted by Gasteiger charge is 2.10. The van der Waals surface area contributed by atoms with Gasteiger partial charge in [-0.25, -0.2) is 4.98 Å². The van der Waals surface area contributed by atoms with Crippen LogP contribution in [-0.4, -0.2) is 10.9 Å². The molecule has 0 bridgehead atoms. The second kappa shape index (κ2) is 6.06. The third-order valence-corrected chi connectivity index (χ3v) is 2.63. The smallest absolute Gasteiger partial charge is 0.224 e. The van der Waals surface area contributed by atoms with E-state index in [1.165, 1.54) is 0 Å². The van der Waals surface area contributed by atoms with Gasteiger partial charge in [-0.2, -0.15) is 0 Å². The number of nitrogens with one attached hydrogen (secondary N) is 1. The van der Waals surface area contributed by atoms with Crippen LogP contribution in [0, 0.1) is 6.92 Å². The van der Waals surface area contributed by atoms with Gasteiger partial charge in [-0.1, -0.05) is 36.5 Å². The normalized spacial score (nSPS) is 10.2. The van der Waals surface area contributed by atoms with Crippen molar-refractivity contribution in [2.75, 3.05) is 5.32 Å². The molecule has 0 atom stereocenters. The Balaban J connectivity index is 2.77. The van der Waals surface area contributed by atoms with Crippen LogP contribution >= 0.6 is 23.2 Å². The largest absolute Gasteiger partial charge is 0.323 e. The quantitative estimate of drug-likeness (QED) is 0.837. The zero-order valence-electron chi connectivity index (χ0n) is 9.31. The number of pyridine rings is 1. The first-order valence-corrected chi connectivity index (χ1v) is 5.92. The van der Waals surface area contributed by atoms with Gasteiger partial charge in [0.05, 0.1) is 5.69 Å².